The van der Waals surface area contributed by atoms with Crippen molar-refractivity contribution in [2.75, 3.05) is 11.9 Å². The van der Waals surface area contributed by atoms with E-state index in [4.69, 9.17) is 23.2 Å². The third-order valence-corrected chi connectivity index (χ3v) is 4.64. The first-order valence-electron chi connectivity index (χ1n) is 6.35. The maximum atomic E-state index is 10.7. The van der Waals surface area contributed by atoms with Crippen LogP contribution in [-0.4, -0.2) is 11.5 Å². The van der Waals surface area contributed by atoms with Gasteiger partial charge in [0.05, 0.1) is 20.7 Å². The second kappa shape index (κ2) is 5.55. The standard InChI is InChI=1S/C13H16Cl2N2O2/c1-2-13(4-3-5-13)8-16-12-10(14)6-9(17(18)19)7-11(12)15/h6-7,16H,2-5,8H2,1H3. The Morgan fingerprint density at radius 2 is 1.95 bits per heavy atom. The normalized spacial score (nSPS) is 16.8. The van der Waals surface area contributed by atoms with E-state index in [2.05, 4.69) is 12.2 Å². The number of anilines is 1. The van der Waals surface area contributed by atoms with Crippen LogP contribution in [0.1, 0.15) is 32.6 Å². The van der Waals surface area contributed by atoms with Gasteiger partial charge in [0.25, 0.3) is 5.69 Å². The molecule has 0 heterocycles. The smallest absolute Gasteiger partial charge is 0.272 e. The van der Waals surface area contributed by atoms with Crippen molar-refractivity contribution in [1.82, 2.24) is 0 Å². The quantitative estimate of drug-likeness (QED) is 0.622. The van der Waals surface area contributed by atoms with Crippen LogP contribution in [-0.2, 0) is 0 Å². The Morgan fingerprint density at radius 3 is 2.32 bits per heavy atom. The highest BCUT2D eigenvalue weighted by atomic mass is 35.5. The van der Waals surface area contributed by atoms with Crippen LogP contribution in [0.3, 0.4) is 0 Å². The number of non-ortho nitro benzene ring substituents is 1. The highest BCUT2D eigenvalue weighted by Gasteiger charge is 2.35. The molecular weight excluding hydrogens is 287 g/mol. The zero-order valence-corrected chi connectivity index (χ0v) is 12.2. The molecule has 0 aromatic heterocycles. The second-order valence-corrected chi connectivity index (χ2v) is 5.92. The van der Waals surface area contributed by atoms with Crippen molar-refractivity contribution in [3.63, 3.8) is 0 Å². The van der Waals surface area contributed by atoms with E-state index in [-0.39, 0.29) is 5.69 Å². The van der Waals surface area contributed by atoms with Gasteiger partial charge in [0.15, 0.2) is 0 Å². The minimum atomic E-state index is -0.499. The zero-order valence-electron chi connectivity index (χ0n) is 10.7. The zero-order chi connectivity index (χ0) is 14.0. The molecule has 2 rings (SSSR count). The Hall–Kier alpha value is -1.00. The van der Waals surface area contributed by atoms with E-state index < -0.39 is 4.92 Å². The van der Waals surface area contributed by atoms with Gasteiger partial charge in [-0.25, -0.2) is 0 Å². The molecule has 1 aliphatic carbocycles. The van der Waals surface area contributed by atoms with Crippen LogP contribution in [0.15, 0.2) is 12.1 Å². The molecule has 1 aromatic carbocycles. The minimum Gasteiger partial charge on any atom is -0.382 e. The lowest BCUT2D eigenvalue weighted by Gasteiger charge is -2.41. The first kappa shape index (κ1) is 14.4. The Labute approximate surface area is 122 Å². The van der Waals surface area contributed by atoms with Crippen molar-refractivity contribution >= 4 is 34.6 Å². The van der Waals surface area contributed by atoms with Gasteiger partial charge in [0.2, 0.25) is 0 Å². The van der Waals surface area contributed by atoms with Crippen LogP contribution in [0, 0.1) is 15.5 Å². The molecule has 0 saturated heterocycles. The van der Waals surface area contributed by atoms with E-state index in [9.17, 15) is 10.1 Å². The highest BCUT2D eigenvalue weighted by molar-refractivity contribution is 6.39. The molecule has 0 amide bonds. The fraction of sp³-hybridized carbons (Fsp3) is 0.538. The Morgan fingerprint density at radius 1 is 1.37 bits per heavy atom. The van der Waals surface area contributed by atoms with E-state index in [0.29, 0.717) is 21.1 Å². The number of halogens is 2. The van der Waals surface area contributed by atoms with Crippen LogP contribution in [0.4, 0.5) is 11.4 Å². The molecule has 4 nitrogen and oxygen atoms in total. The molecule has 104 valence electrons. The fourth-order valence-electron chi connectivity index (χ4n) is 2.44. The summed E-state index contributed by atoms with van der Waals surface area (Å²) in [4.78, 5) is 10.2. The predicted octanol–water partition coefficient (Wildman–Crippen LogP) is 4.89. The molecule has 1 aromatic rings. The average Bonchev–Trinajstić information content (AvgIpc) is 2.30. The van der Waals surface area contributed by atoms with Crippen molar-refractivity contribution in [2.24, 2.45) is 5.41 Å². The number of nitro benzene ring substituents is 1. The summed E-state index contributed by atoms with van der Waals surface area (Å²) in [7, 11) is 0. The Bertz CT molecular complexity index is 473. The summed E-state index contributed by atoms with van der Waals surface area (Å²) in [5.74, 6) is 0. The largest absolute Gasteiger partial charge is 0.382 e. The summed E-state index contributed by atoms with van der Waals surface area (Å²) >= 11 is 12.1. The van der Waals surface area contributed by atoms with E-state index in [1.165, 1.54) is 31.4 Å². The van der Waals surface area contributed by atoms with Gasteiger partial charge in [-0.3, -0.25) is 10.1 Å². The molecule has 1 fully saturated rings. The minimum absolute atomic E-state index is 0.0885. The van der Waals surface area contributed by atoms with E-state index in [1.807, 2.05) is 0 Å². The van der Waals surface area contributed by atoms with Gasteiger partial charge in [0.1, 0.15) is 0 Å². The first-order chi connectivity index (χ1) is 8.97. The molecule has 0 unspecified atom stereocenters. The van der Waals surface area contributed by atoms with Gasteiger partial charge in [0, 0.05) is 18.7 Å². The molecule has 1 N–H and O–H groups in total. The van der Waals surface area contributed by atoms with Crippen LogP contribution in [0.2, 0.25) is 10.0 Å². The lowest BCUT2D eigenvalue weighted by atomic mass is 9.67. The van der Waals surface area contributed by atoms with Crippen molar-refractivity contribution in [3.05, 3.63) is 32.3 Å². The fourth-order valence-corrected chi connectivity index (χ4v) is 3.05. The van der Waals surface area contributed by atoms with Crippen molar-refractivity contribution in [3.8, 4) is 0 Å². The van der Waals surface area contributed by atoms with Crippen LogP contribution >= 0.6 is 23.2 Å². The van der Waals surface area contributed by atoms with E-state index >= 15 is 0 Å². The monoisotopic (exact) mass is 302 g/mol. The van der Waals surface area contributed by atoms with Crippen molar-refractivity contribution < 1.29 is 4.92 Å². The topological polar surface area (TPSA) is 55.2 Å². The number of hydrogen-bond donors (Lipinski definition) is 1. The van der Waals surface area contributed by atoms with E-state index in [1.54, 1.807) is 0 Å². The lowest BCUT2D eigenvalue weighted by Crippen LogP contribution is -2.35. The SMILES string of the molecule is CCC1(CNc2c(Cl)cc([N+](=O)[O-])cc2Cl)CCC1. The summed E-state index contributed by atoms with van der Waals surface area (Å²) in [6.45, 7) is 2.99. The average molecular weight is 303 g/mol. The van der Waals surface area contributed by atoms with Gasteiger partial charge in [-0.05, 0) is 24.7 Å². The molecule has 0 bridgehead atoms. The number of nitro groups is 1. The van der Waals surface area contributed by atoms with E-state index in [0.717, 1.165) is 13.0 Å². The van der Waals surface area contributed by atoms with Gasteiger partial charge in [-0.2, -0.15) is 0 Å². The molecule has 0 radical (unpaired) electrons. The summed E-state index contributed by atoms with van der Waals surface area (Å²) in [6.07, 6.45) is 4.79. The van der Waals surface area contributed by atoms with Gasteiger partial charge < -0.3 is 5.32 Å². The number of nitrogens with zero attached hydrogens (tertiary/aromatic N) is 1. The number of rotatable bonds is 5. The maximum Gasteiger partial charge on any atom is 0.272 e. The predicted molar refractivity (Wildman–Crippen MR) is 78.2 cm³/mol. The van der Waals surface area contributed by atoms with Gasteiger partial charge in [-0.1, -0.05) is 36.5 Å². The molecular formula is C13H16Cl2N2O2. The second-order valence-electron chi connectivity index (χ2n) is 5.10. The lowest BCUT2D eigenvalue weighted by molar-refractivity contribution is -0.384. The third-order valence-electron chi connectivity index (χ3n) is 4.04. The molecule has 0 atom stereocenters. The summed E-state index contributed by atoms with van der Waals surface area (Å²) in [5.41, 5.74) is 0.831. The summed E-state index contributed by atoms with van der Waals surface area (Å²) in [5, 5.41) is 14.6. The third kappa shape index (κ3) is 2.95. The molecule has 1 aliphatic rings. The highest BCUT2D eigenvalue weighted by Crippen LogP contribution is 2.44. The number of benzene rings is 1. The first-order valence-corrected chi connectivity index (χ1v) is 7.10. The maximum absolute atomic E-state index is 10.7. The molecule has 6 heteroatoms. The Kier molecular flexibility index (Phi) is 4.21. The van der Waals surface area contributed by atoms with Gasteiger partial charge in [-0.15, -0.1) is 0 Å². The van der Waals surface area contributed by atoms with Crippen molar-refractivity contribution in [1.29, 1.82) is 0 Å². The van der Waals surface area contributed by atoms with Gasteiger partial charge >= 0.3 is 0 Å². The summed E-state index contributed by atoms with van der Waals surface area (Å²) < 4.78 is 0. The molecule has 19 heavy (non-hydrogen) atoms. The van der Waals surface area contributed by atoms with Crippen LogP contribution in [0.5, 0.6) is 0 Å². The van der Waals surface area contributed by atoms with Crippen molar-refractivity contribution in [2.45, 2.75) is 32.6 Å². The summed E-state index contributed by atoms with van der Waals surface area (Å²) in [6, 6.07) is 2.66. The Balaban J connectivity index is 2.14. The van der Waals surface area contributed by atoms with Crippen LogP contribution in [0.25, 0.3) is 0 Å². The molecule has 0 aliphatic heterocycles. The number of hydrogen-bond acceptors (Lipinski definition) is 3. The molecule has 0 spiro atoms. The van der Waals surface area contributed by atoms with Crippen LogP contribution < -0.4 is 5.32 Å². The number of nitrogens with one attached hydrogen (secondary N) is 1. The molecule has 1 saturated carbocycles.